The fourth-order valence-electron chi connectivity index (χ4n) is 1.64. The number of hydrogen-bond acceptors (Lipinski definition) is 3. The van der Waals surface area contributed by atoms with E-state index in [-0.39, 0.29) is 11.9 Å². The van der Waals surface area contributed by atoms with Gasteiger partial charge in [0.05, 0.1) is 6.61 Å². The van der Waals surface area contributed by atoms with Gasteiger partial charge in [0.15, 0.2) is 0 Å². The smallest absolute Gasteiger partial charge is 0.123 e. The first-order valence-corrected chi connectivity index (χ1v) is 6.30. The van der Waals surface area contributed by atoms with E-state index in [1.807, 2.05) is 23.6 Å². The molecule has 90 valence electrons. The van der Waals surface area contributed by atoms with E-state index in [1.165, 1.54) is 12.1 Å². The summed E-state index contributed by atoms with van der Waals surface area (Å²) in [6.07, 6.45) is -0.228. The number of halogens is 1. The normalized spacial score (nSPS) is 12.6. The summed E-state index contributed by atoms with van der Waals surface area (Å²) in [5.74, 6) is -0.250. The third-order valence-corrected chi connectivity index (χ3v) is 3.27. The monoisotopic (exact) mass is 251 g/mol. The van der Waals surface area contributed by atoms with Gasteiger partial charge in [-0.25, -0.2) is 4.39 Å². The summed E-state index contributed by atoms with van der Waals surface area (Å²) in [4.78, 5) is 1.06. The van der Waals surface area contributed by atoms with Crippen LogP contribution in [0, 0.1) is 5.82 Å². The van der Waals surface area contributed by atoms with Crippen LogP contribution >= 0.6 is 11.3 Å². The fourth-order valence-corrected chi connectivity index (χ4v) is 2.44. The van der Waals surface area contributed by atoms with Gasteiger partial charge < -0.3 is 10.5 Å². The molecule has 0 saturated carbocycles. The maximum atomic E-state index is 13.2. The lowest BCUT2D eigenvalue weighted by Crippen LogP contribution is -2.13. The zero-order valence-electron chi connectivity index (χ0n) is 9.30. The van der Waals surface area contributed by atoms with Crippen LogP contribution in [0.15, 0.2) is 41.8 Å². The van der Waals surface area contributed by atoms with Crippen molar-refractivity contribution in [2.75, 3.05) is 13.2 Å². The second-order valence-corrected chi connectivity index (χ2v) is 4.59. The number of ether oxygens (including phenoxy) is 1. The lowest BCUT2D eigenvalue weighted by Gasteiger charge is -2.16. The van der Waals surface area contributed by atoms with Crippen molar-refractivity contribution >= 4 is 11.3 Å². The van der Waals surface area contributed by atoms with E-state index in [9.17, 15) is 4.39 Å². The average molecular weight is 251 g/mol. The molecule has 0 fully saturated rings. The molecule has 2 N–H and O–H groups in total. The minimum atomic E-state index is -0.250. The van der Waals surface area contributed by atoms with E-state index in [2.05, 4.69) is 0 Å². The standard InChI is InChI=1S/C13H14FNOS/c14-11-4-1-3-10(9-11)13(16-7-6-15)12-5-2-8-17-12/h1-5,8-9,13H,6-7,15H2. The summed E-state index contributed by atoms with van der Waals surface area (Å²) in [5.41, 5.74) is 6.26. The summed E-state index contributed by atoms with van der Waals surface area (Å²) in [5, 5.41) is 1.98. The maximum absolute atomic E-state index is 13.2. The second kappa shape index (κ2) is 5.91. The van der Waals surface area contributed by atoms with Crippen LogP contribution in [0.2, 0.25) is 0 Å². The van der Waals surface area contributed by atoms with Gasteiger partial charge >= 0.3 is 0 Å². The SMILES string of the molecule is NCCOC(c1cccc(F)c1)c1cccs1. The molecule has 0 aliphatic rings. The molecule has 0 aliphatic carbocycles. The minimum absolute atomic E-state index is 0.228. The van der Waals surface area contributed by atoms with Crippen molar-refractivity contribution in [2.24, 2.45) is 5.73 Å². The molecule has 17 heavy (non-hydrogen) atoms. The Bertz CT molecular complexity index is 458. The van der Waals surface area contributed by atoms with Crippen LogP contribution in [0.5, 0.6) is 0 Å². The van der Waals surface area contributed by atoms with E-state index in [4.69, 9.17) is 10.5 Å². The molecule has 1 aromatic heterocycles. The Labute approximate surface area is 104 Å². The third-order valence-electron chi connectivity index (χ3n) is 2.36. The molecular formula is C13H14FNOS. The molecule has 0 bridgehead atoms. The summed E-state index contributed by atoms with van der Waals surface area (Å²) >= 11 is 1.59. The van der Waals surface area contributed by atoms with Crippen LogP contribution < -0.4 is 5.73 Å². The number of rotatable bonds is 5. The summed E-state index contributed by atoms with van der Waals surface area (Å²) in [6, 6.07) is 10.4. The second-order valence-electron chi connectivity index (χ2n) is 3.61. The van der Waals surface area contributed by atoms with Gasteiger partial charge in [0, 0.05) is 11.4 Å². The molecule has 1 unspecified atom stereocenters. The predicted molar refractivity (Wildman–Crippen MR) is 67.6 cm³/mol. The highest BCUT2D eigenvalue weighted by Crippen LogP contribution is 2.29. The molecule has 1 heterocycles. The maximum Gasteiger partial charge on any atom is 0.123 e. The Morgan fingerprint density at radius 3 is 2.82 bits per heavy atom. The third kappa shape index (κ3) is 3.12. The molecule has 0 radical (unpaired) electrons. The van der Waals surface area contributed by atoms with E-state index < -0.39 is 0 Å². The van der Waals surface area contributed by atoms with Gasteiger partial charge in [-0.1, -0.05) is 18.2 Å². The predicted octanol–water partition coefficient (Wildman–Crippen LogP) is 2.95. The Balaban J connectivity index is 2.27. The minimum Gasteiger partial charge on any atom is -0.367 e. The van der Waals surface area contributed by atoms with Crippen molar-refractivity contribution in [3.8, 4) is 0 Å². The molecule has 0 spiro atoms. The van der Waals surface area contributed by atoms with Crippen LogP contribution in [-0.4, -0.2) is 13.2 Å². The van der Waals surface area contributed by atoms with Gasteiger partial charge in [0.2, 0.25) is 0 Å². The van der Waals surface area contributed by atoms with Crippen molar-refractivity contribution < 1.29 is 9.13 Å². The lowest BCUT2D eigenvalue weighted by molar-refractivity contribution is 0.0886. The van der Waals surface area contributed by atoms with Crippen molar-refractivity contribution in [3.63, 3.8) is 0 Å². The Hall–Kier alpha value is -1.23. The molecule has 4 heteroatoms. The first-order chi connectivity index (χ1) is 8.31. The van der Waals surface area contributed by atoms with Gasteiger partial charge in [-0.15, -0.1) is 11.3 Å². The van der Waals surface area contributed by atoms with E-state index >= 15 is 0 Å². The van der Waals surface area contributed by atoms with Crippen molar-refractivity contribution in [2.45, 2.75) is 6.10 Å². The fraction of sp³-hybridized carbons (Fsp3) is 0.231. The lowest BCUT2D eigenvalue weighted by atomic mass is 10.1. The van der Waals surface area contributed by atoms with Crippen LogP contribution in [0.3, 0.4) is 0 Å². The zero-order chi connectivity index (χ0) is 12.1. The average Bonchev–Trinajstić information content (AvgIpc) is 2.83. The van der Waals surface area contributed by atoms with Crippen LogP contribution in [0.25, 0.3) is 0 Å². The molecule has 0 amide bonds. The summed E-state index contributed by atoms with van der Waals surface area (Å²) < 4.78 is 18.9. The van der Waals surface area contributed by atoms with Gasteiger partial charge in [0.1, 0.15) is 11.9 Å². The highest BCUT2D eigenvalue weighted by molar-refractivity contribution is 7.10. The van der Waals surface area contributed by atoms with E-state index in [0.717, 1.165) is 10.4 Å². The largest absolute Gasteiger partial charge is 0.367 e. The number of hydrogen-bond donors (Lipinski definition) is 1. The topological polar surface area (TPSA) is 35.2 Å². The van der Waals surface area contributed by atoms with Crippen molar-refractivity contribution in [3.05, 3.63) is 58.0 Å². The number of nitrogens with two attached hydrogens (primary N) is 1. The van der Waals surface area contributed by atoms with Gasteiger partial charge in [0.25, 0.3) is 0 Å². The van der Waals surface area contributed by atoms with Crippen molar-refractivity contribution in [1.29, 1.82) is 0 Å². The van der Waals surface area contributed by atoms with Gasteiger partial charge in [-0.2, -0.15) is 0 Å². The molecule has 0 saturated heterocycles. The van der Waals surface area contributed by atoms with E-state index in [1.54, 1.807) is 17.4 Å². The molecule has 1 aromatic carbocycles. The van der Waals surface area contributed by atoms with Crippen molar-refractivity contribution in [1.82, 2.24) is 0 Å². The van der Waals surface area contributed by atoms with Crippen LogP contribution in [-0.2, 0) is 4.74 Å². The molecule has 2 nitrogen and oxygen atoms in total. The summed E-state index contributed by atoms with van der Waals surface area (Å²) in [7, 11) is 0. The Kier molecular flexibility index (Phi) is 4.25. The van der Waals surface area contributed by atoms with Gasteiger partial charge in [-0.05, 0) is 29.1 Å². The quantitative estimate of drug-likeness (QED) is 0.886. The Morgan fingerprint density at radius 1 is 1.29 bits per heavy atom. The number of benzene rings is 1. The van der Waals surface area contributed by atoms with Crippen LogP contribution in [0.4, 0.5) is 4.39 Å². The molecular weight excluding hydrogens is 237 g/mol. The molecule has 0 aliphatic heterocycles. The highest BCUT2D eigenvalue weighted by Gasteiger charge is 2.15. The first-order valence-electron chi connectivity index (χ1n) is 5.42. The Morgan fingerprint density at radius 2 is 2.18 bits per heavy atom. The van der Waals surface area contributed by atoms with E-state index in [0.29, 0.717) is 13.2 Å². The van der Waals surface area contributed by atoms with Gasteiger partial charge in [-0.3, -0.25) is 0 Å². The molecule has 1 atom stereocenters. The van der Waals surface area contributed by atoms with Crippen LogP contribution in [0.1, 0.15) is 16.5 Å². The number of thiophene rings is 1. The zero-order valence-corrected chi connectivity index (χ0v) is 10.1. The molecule has 2 aromatic rings. The molecule has 2 rings (SSSR count). The first kappa shape index (κ1) is 12.2. The highest BCUT2D eigenvalue weighted by atomic mass is 32.1. The summed E-state index contributed by atoms with van der Waals surface area (Å²) in [6.45, 7) is 0.913.